The van der Waals surface area contributed by atoms with Gasteiger partial charge in [0.15, 0.2) is 0 Å². The summed E-state index contributed by atoms with van der Waals surface area (Å²) < 4.78 is 18.5. The van der Waals surface area contributed by atoms with E-state index in [0.29, 0.717) is 13.0 Å². The monoisotopic (exact) mass is 448 g/mol. The molecule has 172 valence electrons. The number of methoxy groups -OCH3 is 1. The fourth-order valence-corrected chi connectivity index (χ4v) is 3.49. The number of halogens is 1. The molecule has 1 atom stereocenters. The number of nitrogens with one attached hydrogen (secondary N) is 1. The van der Waals surface area contributed by atoms with Crippen LogP contribution in [0.15, 0.2) is 78.9 Å². The Labute approximate surface area is 194 Å². The predicted octanol–water partition coefficient (Wildman–Crippen LogP) is 4.50. The Morgan fingerprint density at radius 1 is 0.909 bits per heavy atom. The van der Waals surface area contributed by atoms with Crippen molar-refractivity contribution in [1.29, 1.82) is 0 Å². The Balaban J connectivity index is 1.67. The molecule has 0 aliphatic rings. The van der Waals surface area contributed by atoms with Gasteiger partial charge in [-0.1, -0.05) is 54.6 Å². The summed E-state index contributed by atoms with van der Waals surface area (Å²) in [5, 5.41) is 2.91. The molecule has 0 fully saturated rings. The number of nitrogens with zero attached hydrogens (tertiary/aromatic N) is 1. The van der Waals surface area contributed by atoms with Crippen LogP contribution in [0, 0.1) is 5.82 Å². The Kier molecular flexibility index (Phi) is 8.58. The van der Waals surface area contributed by atoms with Crippen LogP contribution in [0.5, 0.6) is 5.75 Å². The Bertz CT molecular complexity index is 1040. The summed E-state index contributed by atoms with van der Waals surface area (Å²) in [7, 11) is 1.60. The van der Waals surface area contributed by atoms with Crippen molar-refractivity contribution in [1.82, 2.24) is 10.2 Å². The lowest BCUT2D eigenvalue weighted by molar-refractivity contribution is -0.140. The summed E-state index contributed by atoms with van der Waals surface area (Å²) in [5.41, 5.74) is 2.75. The van der Waals surface area contributed by atoms with Crippen molar-refractivity contribution in [3.05, 3.63) is 101 Å². The molecule has 1 unspecified atom stereocenters. The van der Waals surface area contributed by atoms with Crippen molar-refractivity contribution in [2.45, 2.75) is 38.9 Å². The van der Waals surface area contributed by atoms with Gasteiger partial charge in [0, 0.05) is 19.5 Å². The third-order valence-electron chi connectivity index (χ3n) is 5.53. The molecule has 5 nitrogen and oxygen atoms in total. The Morgan fingerprint density at radius 2 is 1.55 bits per heavy atom. The van der Waals surface area contributed by atoms with Crippen LogP contribution in [0.1, 0.15) is 30.0 Å². The molecule has 0 heterocycles. The van der Waals surface area contributed by atoms with E-state index in [-0.39, 0.29) is 30.6 Å². The second-order valence-electron chi connectivity index (χ2n) is 7.88. The van der Waals surface area contributed by atoms with Crippen molar-refractivity contribution in [3.8, 4) is 5.75 Å². The van der Waals surface area contributed by atoms with E-state index in [0.717, 1.165) is 22.4 Å². The van der Waals surface area contributed by atoms with Gasteiger partial charge in [-0.3, -0.25) is 9.59 Å². The lowest BCUT2D eigenvalue weighted by Crippen LogP contribution is -2.47. The molecule has 0 aliphatic carbocycles. The number of benzene rings is 3. The molecule has 0 aliphatic heterocycles. The lowest BCUT2D eigenvalue weighted by atomic mass is 10.1. The lowest BCUT2D eigenvalue weighted by Gasteiger charge is -2.29. The molecule has 0 saturated carbocycles. The SMILES string of the molecule is COc1ccc(CNC(=O)C(C)N(Cc2ccc(F)cc2)C(=O)CCc2ccccc2)cc1. The standard InChI is InChI=1S/C27H29FN2O3/c1-20(27(32)29-18-22-10-15-25(33-2)16-11-22)30(19-23-8-13-24(28)14-9-23)26(31)17-12-21-6-4-3-5-7-21/h3-11,13-16,20H,12,17-19H2,1-2H3,(H,29,32). The topological polar surface area (TPSA) is 58.6 Å². The van der Waals surface area contributed by atoms with Gasteiger partial charge in [-0.15, -0.1) is 0 Å². The van der Waals surface area contributed by atoms with E-state index in [2.05, 4.69) is 5.32 Å². The zero-order valence-electron chi connectivity index (χ0n) is 19.0. The minimum absolute atomic E-state index is 0.129. The van der Waals surface area contributed by atoms with E-state index in [4.69, 9.17) is 4.74 Å². The van der Waals surface area contributed by atoms with E-state index in [1.54, 1.807) is 31.1 Å². The van der Waals surface area contributed by atoms with Gasteiger partial charge in [0.1, 0.15) is 17.6 Å². The van der Waals surface area contributed by atoms with Gasteiger partial charge in [0.2, 0.25) is 11.8 Å². The maximum absolute atomic E-state index is 13.3. The Hall–Kier alpha value is -3.67. The summed E-state index contributed by atoms with van der Waals surface area (Å²) >= 11 is 0. The molecule has 2 amide bonds. The summed E-state index contributed by atoms with van der Waals surface area (Å²) in [6.45, 7) is 2.29. The van der Waals surface area contributed by atoms with Gasteiger partial charge in [-0.25, -0.2) is 4.39 Å². The van der Waals surface area contributed by atoms with Crippen LogP contribution in [-0.4, -0.2) is 29.9 Å². The molecule has 1 N–H and O–H groups in total. The van der Waals surface area contributed by atoms with Crippen LogP contribution in [0.2, 0.25) is 0 Å². The number of rotatable bonds is 10. The molecule has 3 aromatic rings. The van der Waals surface area contributed by atoms with Gasteiger partial charge >= 0.3 is 0 Å². The van der Waals surface area contributed by atoms with Crippen molar-refractivity contribution >= 4 is 11.8 Å². The van der Waals surface area contributed by atoms with Crippen LogP contribution in [0.25, 0.3) is 0 Å². The zero-order chi connectivity index (χ0) is 23.6. The average molecular weight is 449 g/mol. The van der Waals surface area contributed by atoms with Gasteiger partial charge in [0.05, 0.1) is 7.11 Å². The Morgan fingerprint density at radius 3 is 2.18 bits per heavy atom. The number of hydrogen-bond acceptors (Lipinski definition) is 3. The first-order valence-corrected chi connectivity index (χ1v) is 10.9. The molecular formula is C27H29FN2O3. The molecule has 0 aromatic heterocycles. The number of aryl methyl sites for hydroxylation is 1. The quantitative estimate of drug-likeness (QED) is 0.497. The maximum atomic E-state index is 13.3. The van der Waals surface area contributed by atoms with Crippen LogP contribution in [0.3, 0.4) is 0 Å². The van der Waals surface area contributed by atoms with Crippen LogP contribution in [0.4, 0.5) is 4.39 Å². The molecule has 0 radical (unpaired) electrons. The summed E-state index contributed by atoms with van der Waals surface area (Å²) in [4.78, 5) is 27.6. The van der Waals surface area contributed by atoms with Crippen molar-refractivity contribution < 1.29 is 18.7 Å². The maximum Gasteiger partial charge on any atom is 0.242 e. The van der Waals surface area contributed by atoms with E-state index < -0.39 is 6.04 Å². The number of carbonyl (C=O) groups is 2. The fourth-order valence-electron chi connectivity index (χ4n) is 3.49. The van der Waals surface area contributed by atoms with Gasteiger partial charge in [-0.05, 0) is 54.3 Å². The largest absolute Gasteiger partial charge is 0.497 e. The number of hydrogen-bond donors (Lipinski definition) is 1. The van der Waals surface area contributed by atoms with Crippen LogP contribution >= 0.6 is 0 Å². The highest BCUT2D eigenvalue weighted by Gasteiger charge is 2.25. The second kappa shape index (κ2) is 11.8. The highest BCUT2D eigenvalue weighted by atomic mass is 19.1. The molecule has 6 heteroatoms. The number of carbonyl (C=O) groups excluding carboxylic acids is 2. The van der Waals surface area contributed by atoms with Crippen molar-refractivity contribution in [2.75, 3.05) is 7.11 Å². The van der Waals surface area contributed by atoms with Gasteiger partial charge in [-0.2, -0.15) is 0 Å². The average Bonchev–Trinajstić information content (AvgIpc) is 2.86. The van der Waals surface area contributed by atoms with Crippen molar-refractivity contribution in [3.63, 3.8) is 0 Å². The zero-order valence-corrected chi connectivity index (χ0v) is 19.0. The molecule has 0 saturated heterocycles. The molecule has 33 heavy (non-hydrogen) atoms. The summed E-state index contributed by atoms with van der Waals surface area (Å²) in [6.07, 6.45) is 0.862. The van der Waals surface area contributed by atoms with Gasteiger partial charge < -0.3 is 15.0 Å². The van der Waals surface area contributed by atoms with E-state index in [1.165, 1.54) is 12.1 Å². The number of amides is 2. The van der Waals surface area contributed by atoms with Crippen LogP contribution < -0.4 is 10.1 Å². The summed E-state index contributed by atoms with van der Waals surface area (Å²) in [5.74, 6) is 0.0233. The summed E-state index contributed by atoms with van der Waals surface area (Å²) in [6, 6.07) is 22.5. The molecule has 0 bridgehead atoms. The van der Waals surface area contributed by atoms with E-state index >= 15 is 0 Å². The minimum Gasteiger partial charge on any atom is -0.497 e. The van der Waals surface area contributed by atoms with E-state index in [1.807, 2.05) is 54.6 Å². The molecular weight excluding hydrogens is 419 g/mol. The molecule has 3 rings (SSSR count). The first-order chi connectivity index (χ1) is 16.0. The fraction of sp³-hybridized carbons (Fsp3) is 0.259. The first kappa shape index (κ1) is 24.0. The highest BCUT2D eigenvalue weighted by Crippen LogP contribution is 2.15. The predicted molar refractivity (Wildman–Crippen MR) is 126 cm³/mol. The second-order valence-corrected chi connectivity index (χ2v) is 7.88. The van der Waals surface area contributed by atoms with Gasteiger partial charge in [0.25, 0.3) is 0 Å². The van der Waals surface area contributed by atoms with Crippen molar-refractivity contribution in [2.24, 2.45) is 0 Å². The van der Waals surface area contributed by atoms with E-state index in [9.17, 15) is 14.0 Å². The third kappa shape index (κ3) is 7.17. The molecule has 3 aromatic carbocycles. The molecule has 0 spiro atoms. The third-order valence-corrected chi connectivity index (χ3v) is 5.53. The minimum atomic E-state index is -0.684. The number of ether oxygens (including phenoxy) is 1. The normalized spacial score (nSPS) is 11.5. The van der Waals surface area contributed by atoms with Crippen LogP contribution in [-0.2, 0) is 29.1 Å². The first-order valence-electron chi connectivity index (χ1n) is 10.9. The highest BCUT2D eigenvalue weighted by molar-refractivity contribution is 5.87. The smallest absolute Gasteiger partial charge is 0.242 e.